The SMILES string of the molecule is Cc1c(NC(=O)NC(=O)c2ccccc2[N+](=O)[O-])cccc1Oc1ncc(Br)cn1. The summed E-state index contributed by atoms with van der Waals surface area (Å²) < 4.78 is 6.32. The van der Waals surface area contributed by atoms with E-state index in [4.69, 9.17) is 4.74 Å². The van der Waals surface area contributed by atoms with Crippen LogP contribution in [0.2, 0.25) is 0 Å². The Bertz CT molecular complexity index is 1120. The van der Waals surface area contributed by atoms with Gasteiger partial charge in [-0.15, -0.1) is 0 Å². The molecule has 0 spiro atoms. The molecule has 0 saturated heterocycles. The van der Waals surface area contributed by atoms with Gasteiger partial charge in [0.2, 0.25) is 0 Å². The second kappa shape index (κ2) is 9.09. The summed E-state index contributed by atoms with van der Waals surface area (Å²) in [4.78, 5) is 42.9. The molecule has 0 atom stereocenters. The number of benzene rings is 2. The van der Waals surface area contributed by atoms with E-state index in [2.05, 4.69) is 36.5 Å². The number of nitrogens with one attached hydrogen (secondary N) is 2. The fraction of sp³-hybridized carbons (Fsp3) is 0.0526. The van der Waals surface area contributed by atoms with Gasteiger partial charge in [0.1, 0.15) is 11.3 Å². The normalized spacial score (nSPS) is 10.2. The Morgan fingerprint density at radius 3 is 2.50 bits per heavy atom. The number of nitro groups is 1. The third kappa shape index (κ3) is 4.94. The summed E-state index contributed by atoms with van der Waals surface area (Å²) in [5.74, 6) is -0.492. The molecule has 3 aromatic rings. The van der Waals surface area contributed by atoms with Crippen LogP contribution in [0, 0.1) is 17.0 Å². The van der Waals surface area contributed by atoms with Crippen LogP contribution >= 0.6 is 15.9 Å². The number of nitro benzene ring substituents is 1. The van der Waals surface area contributed by atoms with E-state index >= 15 is 0 Å². The van der Waals surface area contributed by atoms with E-state index < -0.39 is 22.5 Å². The van der Waals surface area contributed by atoms with Crippen LogP contribution in [0.25, 0.3) is 0 Å². The Morgan fingerprint density at radius 2 is 1.80 bits per heavy atom. The highest BCUT2D eigenvalue weighted by molar-refractivity contribution is 9.10. The first-order valence-corrected chi connectivity index (χ1v) is 9.25. The first-order valence-electron chi connectivity index (χ1n) is 8.46. The number of aromatic nitrogens is 2. The number of urea groups is 1. The van der Waals surface area contributed by atoms with Gasteiger partial charge >= 0.3 is 12.0 Å². The molecule has 0 unspecified atom stereocenters. The molecule has 0 aliphatic rings. The van der Waals surface area contributed by atoms with Crippen molar-refractivity contribution >= 4 is 39.2 Å². The predicted octanol–water partition coefficient (Wildman–Crippen LogP) is 4.21. The topological polar surface area (TPSA) is 136 Å². The molecule has 0 bridgehead atoms. The van der Waals surface area contributed by atoms with Gasteiger partial charge in [0.05, 0.1) is 9.40 Å². The van der Waals surface area contributed by atoms with Crippen LogP contribution in [0.4, 0.5) is 16.2 Å². The summed E-state index contributed by atoms with van der Waals surface area (Å²) in [6.45, 7) is 1.70. The maximum atomic E-state index is 12.3. The Balaban J connectivity index is 1.72. The average Bonchev–Trinajstić information content (AvgIpc) is 2.72. The van der Waals surface area contributed by atoms with Gasteiger partial charge in [0, 0.05) is 29.7 Å². The van der Waals surface area contributed by atoms with Crippen LogP contribution in [0.1, 0.15) is 15.9 Å². The molecule has 0 aliphatic heterocycles. The number of ether oxygens (including phenoxy) is 1. The number of hydrogen-bond acceptors (Lipinski definition) is 7. The zero-order valence-corrected chi connectivity index (χ0v) is 17.0. The van der Waals surface area contributed by atoms with Gasteiger partial charge in [-0.3, -0.25) is 20.2 Å². The van der Waals surface area contributed by atoms with Gasteiger partial charge in [-0.2, -0.15) is 0 Å². The van der Waals surface area contributed by atoms with Gasteiger partial charge < -0.3 is 10.1 Å². The van der Waals surface area contributed by atoms with E-state index in [0.717, 1.165) is 0 Å². The number of hydrogen-bond donors (Lipinski definition) is 2. The van der Waals surface area contributed by atoms with Crippen LogP contribution in [0.3, 0.4) is 0 Å². The molecule has 0 fully saturated rings. The lowest BCUT2D eigenvalue weighted by atomic mass is 10.1. The Kier molecular flexibility index (Phi) is 6.32. The molecule has 2 N–H and O–H groups in total. The van der Waals surface area contributed by atoms with E-state index in [-0.39, 0.29) is 11.6 Å². The van der Waals surface area contributed by atoms with Crippen molar-refractivity contribution < 1.29 is 19.2 Å². The molecule has 1 heterocycles. The minimum atomic E-state index is -0.895. The molecular formula is C19H14BrN5O5. The molecule has 3 amide bonds. The van der Waals surface area contributed by atoms with Crippen molar-refractivity contribution in [1.82, 2.24) is 15.3 Å². The number of imide groups is 1. The quantitative estimate of drug-likeness (QED) is 0.419. The number of halogens is 1. The van der Waals surface area contributed by atoms with Crippen molar-refractivity contribution in [2.45, 2.75) is 6.92 Å². The van der Waals surface area contributed by atoms with Crippen molar-refractivity contribution in [2.24, 2.45) is 0 Å². The second-order valence-corrected chi connectivity index (χ2v) is 6.81. The highest BCUT2D eigenvalue weighted by atomic mass is 79.9. The maximum absolute atomic E-state index is 12.3. The van der Waals surface area contributed by atoms with Crippen LogP contribution in [-0.4, -0.2) is 26.8 Å². The summed E-state index contributed by atoms with van der Waals surface area (Å²) in [6.07, 6.45) is 3.06. The number of amides is 3. The molecule has 30 heavy (non-hydrogen) atoms. The molecule has 0 radical (unpaired) electrons. The fourth-order valence-corrected chi connectivity index (χ4v) is 2.67. The molecule has 152 valence electrons. The number of carbonyl (C=O) groups is 2. The number of nitrogens with zero attached hydrogens (tertiary/aromatic N) is 3. The Morgan fingerprint density at radius 1 is 1.10 bits per heavy atom. The fourth-order valence-electron chi connectivity index (χ4n) is 2.46. The van der Waals surface area contributed by atoms with Gasteiger partial charge in [-0.05, 0) is 41.1 Å². The molecule has 0 saturated carbocycles. The van der Waals surface area contributed by atoms with Gasteiger partial charge in [-0.1, -0.05) is 18.2 Å². The number of para-hydroxylation sites is 1. The second-order valence-electron chi connectivity index (χ2n) is 5.90. The lowest BCUT2D eigenvalue weighted by Gasteiger charge is -2.13. The Hall–Kier alpha value is -3.86. The largest absolute Gasteiger partial charge is 0.424 e. The van der Waals surface area contributed by atoms with Crippen molar-refractivity contribution in [3.63, 3.8) is 0 Å². The van der Waals surface area contributed by atoms with Crippen LogP contribution in [0.5, 0.6) is 11.8 Å². The predicted molar refractivity (Wildman–Crippen MR) is 111 cm³/mol. The van der Waals surface area contributed by atoms with Crippen LogP contribution in [-0.2, 0) is 0 Å². The monoisotopic (exact) mass is 471 g/mol. The van der Waals surface area contributed by atoms with Gasteiger partial charge in [-0.25, -0.2) is 14.8 Å². The van der Waals surface area contributed by atoms with Crippen molar-refractivity contribution in [2.75, 3.05) is 5.32 Å². The van der Waals surface area contributed by atoms with Crippen molar-refractivity contribution in [3.05, 3.63) is 80.6 Å². The minimum Gasteiger partial charge on any atom is -0.424 e. The van der Waals surface area contributed by atoms with E-state index in [1.165, 1.54) is 36.7 Å². The Labute approximate surface area is 178 Å². The minimum absolute atomic E-state index is 0.120. The molecule has 10 nitrogen and oxygen atoms in total. The molecule has 11 heteroatoms. The maximum Gasteiger partial charge on any atom is 0.326 e. The van der Waals surface area contributed by atoms with Crippen LogP contribution < -0.4 is 15.4 Å². The lowest BCUT2D eigenvalue weighted by molar-refractivity contribution is -0.385. The summed E-state index contributed by atoms with van der Waals surface area (Å²) in [5.41, 5.74) is 0.317. The first kappa shape index (κ1) is 20.9. The van der Waals surface area contributed by atoms with Crippen molar-refractivity contribution in [3.8, 4) is 11.8 Å². The van der Waals surface area contributed by atoms with E-state index in [0.29, 0.717) is 21.5 Å². The van der Waals surface area contributed by atoms with E-state index in [9.17, 15) is 19.7 Å². The molecule has 3 rings (SSSR count). The highest BCUT2D eigenvalue weighted by Crippen LogP contribution is 2.28. The van der Waals surface area contributed by atoms with Crippen LogP contribution in [0.15, 0.2) is 59.3 Å². The third-order valence-corrected chi connectivity index (χ3v) is 4.31. The lowest BCUT2D eigenvalue weighted by Crippen LogP contribution is -2.34. The summed E-state index contributed by atoms with van der Waals surface area (Å²) in [7, 11) is 0. The summed E-state index contributed by atoms with van der Waals surface area (Å²) in [5, 5.41) is 15.7. The van der Waals surface area contributed by atoms with E-state index in [1.54, 1.807) is 25.1 Å². The molecule has 1 aromatic heterocycles. The highest BCUT2D eigenvalue weighted by Gasteiger charge is 2.21. The number of carbonyl (C=O) groups excluding carboxylic acids is 2. The van der Waals surface area contributed by atoms with Crippen molar-refractivity contribution in [1.29, 1.82) is 0 Å². The zero-order valence-electron chi connectivity index (χ0n) is 15.5. The molecule has 0 aliphatic carbocycles. The third-order valence-electron chi connectivity index (χ3n) is 3.90. The zero-order chi connectivity index (χ0) is 21.7. The molecule has 2 aromatic carbocycles. The summed E-state index contributed by atoms with van der Waals surface area (Å²) in [6, 6.07) is 9.53. The average molecular weight is 472 g/mol. The number of anilines is 1. The van der Waals surface area contributed by atoms with Gasteiger partial charge in [0.25, 0.3) is 11.6 Å². The smallest absolute Gasteiger partial charge is 0.326 e. The molecular weight excluding hydrogens is 458 g/mol. The van der Waals surface area contributed by atoms with E-state index in [1.807, 2.05) is 0 Å². The summed E-state index contributed by atoms with van der Waals surface area (Å²) >= 11 is 3.23. The first-order chi connectivity index (χ1) is 14.3. The standard InChI is InChI=1S/C19H14BrN5O5/c1-11-14(6-4-8-16(11)30-19-21-9-12(20)10-22-19)23-18(27)24-17(26)13-5-2-3-7-15(13)25(28)29/h2-10H,1H3,(H2,23,24,26,27). The number of rotatable bonds is 5. The van der Waals surface area contributed by atoms with Gasteiger partial charge in [0.15, 0.2) is 0 Å².